The predicted molar refractivity (Wildman–Crippen MR) is 69.2 cm³/mol. The molecule has 92 valence electrons. The second kappa shape index (κ2) is 5.65. The Bertz CT molecular complexity index is 433. The van der Waals surface area contributed by atoms with Crippen LogP contribution in [0.2, 0.25) is 0 Å². The fraction of sp³-hybridized carbons (Fsp3) is 0.385. The molecule has 1 aromatic carbocycles. The molecule has 2 nitrogen and oxygen atoms in total. The first-order chi connectivity index (χ1) is 8.22. The molecule has 1 aliphatic heterocycles. The van der Waals surface area contributed by atoms with Crippen LogP contribution in [0.4, 0.5) is 4.39 Å². The lowest BCUT2D eigenvalue weighted by Gasteiger charge is -2.20. The zero-order valence-electron chi connectivity index (χ0n) is 9.67. The molecule has 0 saturated carbocycles. The quantitative estimate of drug-likeness (QED) is 0.918. The van der Waals surface area contributed by atoms with E-state index in [0.717, 1.165) is 28.8 Å². The van der Waals surface area contributed by atoms with Crippen molar-refractivity contribution in [3.8, 4) is 0 Å². The normalized spacial score (nSPS) is 16.5. The second-order valence-corrected chi connectivity index (χ2v) is 4.75. The number of rotatable bonds is 4. The molecule has 0 amide bonds. The van der Waals surface area contributed by atoms with Gasteiger partial charge in [-0.3, -0.25) is 0 Å². The lowest BCUT2D eigenvalue weighted by molar-refractivity contribution is 0.216. The van der Waals surface area contributed by atoms with Gasteiger partial charge in [0.05, 0.1) is 12.6 Å². The van der Waals surface area contributed by atoms with Gasteiger partial charge in [-0.1, -0.05) is 22.9 Å². The van der Waals surface area contributed by atoms with Gasteiger partial charge in [0, 0.05) is 10.9 Å². The molecule has 17 heavy (non-hydrogen) atoms. The minimum absolute atomic E-state index is 0.0763. The topological polar surface area (TPSA) is 21.3 Å². The third-order valence-corrected chi connectivity index (χ3v) is 3.42. The van der Waals surface area contributed by atoms with Crippen molar-refractivity contribution in [2.75, 3.05) is 13.2 Å². The van der Waals surface area contributed by atoms with Gasteiger partial charge in [-0.05, 0) is 36.4 Å². The Balaban J connectivity index is 2.34. The van der Waals surface area contributed by atoms with Gasteiger partial charge in [-0.25, -0.2) is 4.39 Å². The minimum atomic E-state index is -0.232. The Morgan fingerprint density at radius 1 is 1.53 bits per heavy atom. The minimum Gasteiger partial charge on any atom is -0.496 e. The van der Waals surface area contributed by atoms with E-state index in [9.17, 15) is 4.39 Å². The molecular formula is C13H15BrFNO. The molecule has 0 fully saturated rings. The van der Waals surface area contributed by atoms with Gasteiger partial charge in [-0.2, -0.15) is 0 Å². The van der Waals surface area contributed by atoms with E-state index >= 15 is 0 Å². The van der Waals surface area contributed by atoms with Gasteiger partial charge < -0.3 is 10.1 Å². The molecule has 0 aliphatic carbocycles. The summed E-state index contributed by atoms with van der Waals surface area (Å²) in [4.78, 5) is 0. The van der Waals surface area contributed by atoms with Crippen LogP contribution < -0.4 is 5.32 Å². The van der Waals surface area contributed by atoms with Crippen LogP contribution >= 0.6 is 15.9 Å². The highest BCUT2D eigenvalue weighted by Gasteiger charge is 2.22. The van der Waals surface area contributed by atoms with E-state index < -0.39 is 0 Å². The summed E-state index contributed by atoms with van der Waals surface area (Å²) in [6.45, 7) is 3.54. The first-order valence-electron chi connectivity index (χ1n) is 5.73. The Hall–Kier alpha value is -0.870. The maximum absolute atomic E-state index is 13.3. The first-order valence-corrected chi connectivity index (χ1v) is 6.53. The van der Waals surface area contributed by atoms with Crippen LogP contribution in [0, 0.1) is 5.82 Å². The van der Waals surface area contributed by atoms with Crippen molar-refractivity contribution in [2.24, 2.45) is 0 Å². The maximum atomic E-state index is 13.3. The average molecular weight is 300 g/mol. The number of benzene rings is 1. The molecule has 1 N–H and O–H groups in total. The molecule has 1 unspecified atom stereocenters. The Morgan fingerprint density at radius 2 is 2.35 bits per heavy atom. The molecule has 1 aromatic rings. The van der Waals surface area contributed by atoms with E-state index in [4.69, 9.17) is 4.74 Å². The molecule has 4 heteroatoms. The van der Waals surface area contributed by atoms with Gasteiger partial charge in [0.15, 0.2) is 0 Å². The summed E-state index contributed by atoms with van der Waals surface area (Å²) in [6.07, 6.45) is 2.98. The summed E-state index contributed by atoms with van der Waals surface area (Å²) >= 11 is 3.46. The Morgan fingerprint density at radius 3 is 3.00 bits per heavy atom. The summed E-state index contributed by atoms with van der Waals surface area (Å²) < 4.78 is 19.8. The van der Waals surface area contributed by atoms with Gasteiger partial charge in [0.25, 0.3) is 0 Å². The third-order valence-electron chi connectivity index (χ3n) is 2.69. The van der Waals surface area contributed by atoms with Gasteiger partial charge in [0.2, 0.25) is 0 Å². The molecule has 1 aliphatic rings. The number of nitrogens with one attached hydrogen (secondary N) is 1. The summed E-state index contributed by atoms with van der Waals surface area (Å²) in [5.74, 6) is 0.655. The van der Waals surface area contributed by atoms with Crippen molar-refractivity contribution in [1.29, 1.82) is 0 Å². The van der Waals surface area contributed by atoms with Crippen LogP contribution in [0.3, 0.4) is 0 Å². The summed E-state index contributed by atoms with van der Waals surface area (Å²) in [6, 6.07) is 4.64. The molecular weight excluding hydrogens is 285 g/mol. The molecule has 0 spiro atoms. The predicted octanol–water partition coefficient (Wildman–Crippen LogP) is 3.54. The number of ether oxygens (including phenoxy) is 1. The number of likely N-dealkylation sites (N-methyl/N-ethyl adjacent to an activating group) is 1. The van der Waals surface area contributed by atoms with Crippen LogP contribution in [-0.2, 0) is 4.74 Å². The highest BCUT2D eigenvalue weighted by Crippen LogP contribution is 2.31. The second-order valence-electron chi connectivity index (χ2n) is 3.90. The summed E-state index contributed by atoms with van der Waals surface area (Å²) in [7, 11) is 0. The number of hydrogen-bond donors (Lipinski definition) is 1. The van der Waals surface area contributed by atoms with E-state index in [1.165, 1.54) is 6.07 Å². The first kappa shape index (κ1) is 12.6. The average Bonchev–Trinajstić information content (AvgIpc) is 2.83. The van der Waals surface area contributed by atoms with Crippen molar-refractivity contribution in [2.45, 2.75) is 19.4 Å². The van der Waals surface area contributed by atoms with E-state index in [-0.39, 0.29) is 11.9 Å². The number of hydrogen-bond acceptors (Lipinski definition) is 2. The number of halogens is 2. The maximum Gasteiger partial charge on any atom is 0.123 e. The lowest BCUT2D eigenvalue weighted by Crippen LogP contribution is -2.23. The van der Waals surface area contributed by atoms with E-state index in [2.05, 4.69) is 27.3 Å². The van der Waals surface area contributed by atoms with Crippen molar-refractivity contribution < 1.29 is 9.13 Å². The van der Waals surface area contributed by atoms with Gasteiger partial charge >= 0.3 is 0 Å². The largest absolute Gasteiger partial charge is 0.496 e. The van der Waals surface area contributed by atoms with Crippen molar-refractivity contribution in [1.82, 2.24) is 5.32 Å². The van der Waals surface area contributed by atoms with E-state index in [1.807, 2.05) is 6.92 Å². The third kappa shape index (κ3) is 2.87. The molecule has 0 bridgehead atoms. The molecule has 1 atom stereocenters. The van der Waals surface area contributed by atoms with Crippen molar-refractivity contribution in [3.63, 3.8) is 0 Å². The van der Waals surface area contributed by atoms with Crippen LogP contribution in [0.25, 0.3) is 0 Å². The monoisotopic (exact) mass is 299 g/mol. The highest BCUT2D eigenvalue weighted by atomic mass is 79.9. The zero-order valence-corrected chi connectivity index (χ0v) is 11.3. The van der Waals surface area contributed by atoms with E-state index in [1.54, 1.807) is 12.1 Å². The van der Waals surface area contributed by atoms with Crippen LogP contribution in [0.1, 0.15) is 24.9 Å². The van der Waals surface area contributed by atoms with Crippen molar-refractivity contribution in [3.05, 3.63) is 45.9 Å². The Labute approximate surface area is 109 Å². The summed E-state index contributed by atoms with van der Waals surface area (Å²) in [5, 5.41) is 3.32. The van der Waals surface area contributed by atoms with Crippen LogP contribution in [-0.4, -0.2) is 13.2 Å². The fourth-order valence-electron chi connectivity index (χ4n) is 1.94. The van der Waals surface area contributed by atoms with E-state index in [0.29, 0.717) is 6.61 Å². The highest BCUT2D eigenvalue weighted by molar-refractivity contribution is 9.10. The smallest absolute Gasteiger partial charge is 0.123 e. The van der Waals surface area contributed by atoms with Crippen LogP contribution in [0.15, 0.2) is 34.5 Å². The molecule has 0 radical (unpaired) electrons. The molecule has 1 heterocycles. The molecule has 0 saturated heterocycles. The van der Waals surface area contributed by atoms with Gasteiger partial charge in [-0.15, -0.1) is 0 Å². The fourth-order valence-corrected chi connectivity index (χ4v) is 2.42. The zero-order chi connectivity index (χ0) is 12.3. The standard InChI is InChI=1S/C13H15BrFNO/c1-2-16-13(12-4-3-7-17-12)10-8-9(15)5-6-11(10)14/h4-6,8,13,16H,2-3,7H2,1H3. The lowest BCUT2D eigenvalue weighted by atomic mass is 10.0. The van der Waals surface area contributed by atoms with Gasteiger partial charge in [0.1, 0.15) is 11.6 Å². The molecule has 2 rings (SSSR count). The molecule has 0 aromatic heterocycles. The SMILES string of the molecule is CCNC(C1=CCCO1)c1cc(F)ccc1Br. The Kier molecular flexibility index (Phi) is 4.18. The van der Waals surface area contributed by atoms with Crippen molar-refractivity contribution >= 4 is 15.9 Å². The summed E-state index contributed by atoms with van der Waals surface area (Å²) in [5.41, 5.74) is 0.875. The van der Waals surface area contributed by atoms with Crippen LogP contribution in [0.5, 0.6) is 0 Å².